The summed E-state index contributed by atoms with van der Waals surface area (Å²) in [5.74, 6) is 0.724. The van der Waals surface area contributed by atoms with E-state index in [1.807, 2.05) is 38.1 Å². The normalized spacial score (nSPS) is 12.3. The van der Waals surface area contributed by atoms with Crippen molar-refractivity contribution in [1.82, 2.24) is 14.5 Å². The van der Waals surface area contributed by atoms with Gasteiger partial charge in [0.15, 0.2) is 5.65 Å². The van der Waals surface area contributed by atoms with Gasteiger partial charge in [-0.25, -0.2) is 9.97 Å². The van der Waals surface area contributed by atoms with E-state index in [1.165, 1.54) is 0 Å². The van der Waals surface area contributed by atoms with Gasteiger partial charge in [0.05, 0.1) is 13.2 Å². The molecule has 0 saturated carbocycles. The molecule has 0 aliphatic carbocycles. The molecule has 0 saturated heterocycles. The average molecular weight is 344 g/mol. The minimum Gasteiger partial charge on any atom is -0.496 e. The number of para-hydroxylation sites is 1. The van der Waals surface area contributed by atoms with Crippen LogP contribution in [0.25, 0.3) is 11.2 Å². The Balaban J connectivity index is 2.33. The Labute approximate surface area is 144 Å². The summed E-state index contributed by atoms with van der Waals surface area (Å²) in [6, 6.07) is 10.8. The average Bonchev–Trinajstić information content (AvgIpc) is 2.60. The van der Waals surface area contributed by atoms with E-state index in [9.17, 15) is 4.79 Å². The molecule has 1 atom stereocenters. The monoisotopic (exact) mass is 343 g/mol. The molecule has 0 aliphatic rings. The number of ether oxygens (including phenoxy) is 1. The lowest BCUT2D eigenvalue weighted by Crippen LogP contribution is -2.29. The van der Waals surface area contributed by atoms with Crippen LogP contribution in [0.4, 0.5) is 0 Å². The van der Waals surface area contributed by atoms with Crippen LogP contribution in [0.2, 0.25) is 5.15 Å². The standard InChI is InChI=1S/C18H18ClN3O2/c1-4-13-18(23)22(17-14(20-13)9-10-16(19)21-17)11(2)12-7-5-6-8-15(12)24-3/h5-11H,4H2,1-3H3/t11-/m0/s1. The molecule has 1 aromatic carbocycles. The van der Waals surface area contributed by atoms with E-state index in [1.54, 1.807) is 23.8 Å². The highest BCUT2D eigenvalue weighted by molar-refractivity contribution is 6.29. The lowest BCUT2D eigenvalue weighted by atomic mass is 10.1. The molecule has 0 aliphatic heterocycles. The van der Waals surface area contributed by atoms with Gasteiger partial charge in [-0.05, 0) is 31.5 Å². The Morgan fingerprint density at radius 3 is 2.67 bits per heavy atom. The molecule has 0 unspecified atom stereocenters. The molecule has 24 heavy (non-hydrogen) atoms. The van der Waals surface area contributed by atoms with Crippen LogP contribution in [0.15, 0.2) is 41.2 Å². The third kappa shape index (κ3) is 2.76. The molecule has 0 radical (unpaired) electrons. The summed E-state index contributed by atoms with van der Waals surface area (Å²) in [4.78, 5) is 21.7. The molecule has 2 heterocycles. The summed E-state index contributed by atoms with van der Waals surface area (Å²) in [5.41, 5.74) is 2.38. The molecular weight excluding hydrogens is 326 g/mol. The SMILES string of the molecule is CCc1nc2ccc(Cl)nc2n([C@@H](C)c2ccccc2OC)c1=O. The van der Waals surface area contributed by atoms with Gasteiger partial charge in [0, 0.05) is 5.56 Å². The van der Waals surface area contributed by atoms with Crippen molar-refractivity contribution in [3.05, 3.63) is 63.2 Å². The number of hydrogen-bond donors (Lipinski definition) is 0. The number of methoxy groups -OCH3 is 1. The van der Waals surface area contributed by atoms with Gasteiger partial charge in [-0.3, -0.25) is 9.36 Å². The van der Waals surface area contributed by atoms with E-state index in [0.29, 0.717) is 28.4 Å². The van der Waals surface area contributed by atoms with E-state index < -0.39 is 0 Å². The number of hydrogen-bond acceptors (Lipinski definition) is 4. The predicted octanol–water partition coefficient (Wildman–Crippen LogP) is 3.63. The minimum absolute atomic E-state index is 0.154. The van der Waals surface area contributed by atoms with Crippen LogP contribution in [-0.2, 0) is 6.42 Å². The highest BCUT2D eigenvalue weighted by Gasteiger charge is 2.20. The lowest BCUT2D eigenvalue weighted by Gasteiger charge is -2.20. The summed E-state index contributed by atoms with van der Waals surface area (Å²) in [6.45, 7) is 3.86. The van der Waals surface area contributed by atoms with Crippen LogP contribution in [-0.4, -0.2) is 21.6 Å². The molecule has 0 spiro atoms. The first kappa shape index (κ1) is 16.5. The van der Waals surface area contributed by atoms with E-state index in [4.69, 9.17) is 16.3 Å². The number of benzene rings is 1. The highest BCUT2D eigenvalue weighted by Crippen LogP contribution is 2.28. The number of aromatic nitrogens is 3. The highest BCUT2D eigenvalue weighted by atomic mass is 35.5. The van der Waals surface area contributed by atoms with Crippen molar-refractivity contribution >= 4 is 22.8 Å². The van der Waals surface area contributed by atoms with E-state index in [0.717, 1.165) is 11.3 Å². The van der Waals surface area contributed by atoms with Crippen LogP contribution in [0.3, 0.4) is 0 Å². The summed E-state index contributed by atoms with van der Waals surface area (Å²) in [7, 11) is 1.62. The molecule has 0 N–H and O–H groups in total. The molecular formula is C18H18ClN3O2. The van der Waals surface area contributed by atoms with Crippen molar-refractivity contribution in [1.29, 1.82) is 0 Å². The first-order chi connectivity index (χ1) is 11.6. The zero-order valence-electron chi connectivity index (χ0n) is 13.8. The number of pyridine rings is 1. The number of rotatable bonds is 4. The number of halogens is 1. The van der Waals surface area contributed by atoms with Gasteiger partial charge in [-0.2, -0.15) is 0 Å². The van der Waals surface area contributed by atoms with Gasteiger partial charge in [0.1, 0.15) is 22.1 Å². The summed E-state index contributed by atoms with van der Waals surface area (Å²) in [6.07, 6.45) is 0.552. The number of aryl methyl sites for hydroxylation is 1. The van der Waals surface area contributed by atoms with Gasteiger partial charge in [0.25, 0.3) is 5.56 Å². The van der Waals surface area contributed by atoms with E-state index in [2.05, 4.69) is 9.97 Å². The largest absolute Gasteiger partial charge is 0.496 e. The van der Waals surface area contributed by atoms with Crippen LogP contribution >= 0.6 is 11.6 Å². The number of fused-ring (bicyclic) bond motifs is 1. The maximum absolute atomic E-state index is 12.9. The fourth-order valence-electron chi connectivity index (χ4n) is 2.85. The van der Waals surface area contributed by atoms with Crippen molar-refractivity contribution in [3.8, 4) is 5.75 Å². The zero-order chi connectivity index (χ0) is 17.3. The maximum Gasteiger partial charge on any atom is 0.274 e. The lowest BCUT2D eigenvalue weighted by molar-refractivity contribution is 0.403. The van der Waals surface area contributed by atoms with Crippen molar-refractivity contribution in [2.75, 3.05) is 7.11 Å². The van der Waals surface area contributed by atoms with Gasteiger partial charge in [-0.1, -0.05) is 36.7 Å². The van der Waals surface area contributed by atoms with E-state index >= 15 is 0 Å². The first-order valence-electron chi connectivity index (χ1n) is 7.77. The Kier molecular flexibility index (Phi) is 4.53. The van der Waals surface area contributed by atoms with E-state index in [-0.39, 0.29) is 11.6 Å². The van der Waals surface area contributed by atoms with Crippen molar-refractivity contribution in [2.24, 2.45) is 0 Å². The quantitative estimate of drug-likeness (QED) is 0.679. The Morgan fingerprint density at radius 2 is 1.96 bits per heavy atom. The molecule has 3 rings (SSSR count). The second-order valence-corrected chi connectivity index (χ2v) is 5.87. The molecule has 0 amide bonds. The molecule has 0 fully saturated rings. The predicted molar refractivity (Wildman–Crippen MR) is 95.0 cm³/mol. The summed E-state index contributed by atoms with van der Waals surface area (Å²) in [5, 5.41) is 0.328. The Bertz CT molecular complexity index is 953. The van der Waals surface area contributed by atoms with Crippen LogP contribution in [0, 0.1) is 0 Å². The Morgan fingerprint density at radius 1 is 1.21 bits per heavy atom. The third-order valence-electron chi connectivity index (χ3n) is 4.08. The molecule has 2 aromatic heterocycles. The molecule has 124 valence electrons. The molecule has 0 bridgehead atoms. The maximum atomic E-state index is 12.9. The Hall–Kier alpha value is -2.40. The molecule has 5 nitrogen and oxygen atoms in total. The fourth-order valence-corrected chi connectivity index (χ4v) is 2.99. The third-order valence-corrected chi connectivity index (χ3v) is 4.29. The first-order valence-corrected chi connectivity index (χ1v) is 8.15. The summed E-state index contributed by atoms with van der Waals surface area (Å²) >= 11 is 6.05. The van der Waals surface area contributed by atoms with Gasteiger partial charge < -0.3 is 4.74 Å². The van der Waals surface area contributed by atoms with Crippen molar-refractivity contribution in [2.45, 2.75) is 26.3 Å². The second kappa shape index (κ2) is 6.61. The van der Waals surface area contributed by atoms with Crippen molar-refractivity contribution < 1.29 is 4.74 Å². The van der Waals surface area contributed by atoms with Gasteiger partial charge in [0.2, 0.25) is 0 Å². The smallest absolute Gasteiger partial charge is 0.274 e. The number of nitrogens with zero attached hydrogens (tertiary/aromatic N) is 3. The fraction of sp³-hybridized carbons (Fsp3) is 0.278. The van der Waals surface area contributed by atoms with Crippen LogP contribution in [0.1, 0.15) is 31.1 Å². The van der Waals surface area contributed by atoms with Gasteiger partial charge >= 0.3 is 0 Å². The topological polar surface area (TPSA) is 57.0 Å². The van der Waals surface area contributed by atoms with Gasteiger partial charge in [-0.15, -0.1) is 0 Å². The molecule has 3 aromatic rings. The molecule has 6 heteroatoms. The minimum atomic E-state index is -0.268. The van der Waals surface area contributed by atoms with Crippen molar-refractivity contribution in [3.63, 3.8) is 0 Å². The van der Waals surface area contributed by atoms with Crippen LogP contribution < -0.4 is 10.3 Å². The van der Waals surface area contributed by atoms with Crippen LogP contribution in [0.5, 0.6) is 5.75 Å². The summed E-state index contributed by atoms with van der Waals surface area (Å²) < 4.78 is 7.09. The zero-order valence-corrected chi connectivity index (χ0v) is 14.5. The second-order valence-electron chi connectivity index (χ2n) is 5.48.